The van der Waals surface area contributed by atoms with Gasteiger partial charge in [0.2, 0.25) is 0 Å². The zero-order valence-electron chi connectivity index (χ0n) is 25.9. The monoisotopic (exact) mass is 514 g/mol. The van der Waals surface area contributed by atoms with Crippen molar-refractivity contribution in [2.24, 2.45) is 0 Å². The second-order valence-corrected chi connectivity index (χ2v) is 12.7. The maximum Gasteiger partial charge on any atom is 0.00979 e. The van der Waals surface area contributed by atoms with Crippen LogP contribution in [0.4, 0.5) is 0 Å². The average Bonchev–Trinajstić information content (AvgIpc) is 2.86. The van der Waals surface area contributed by atoms with Crippen LogP contribution in [0.2, 0.25) is 0 Å². The first kappa shape index (κ1) is 27.4. The minimum Gasteiger partial charge on any atom is -0.0558 e. The maximum atomic E-state index is 2.58. The molecule has 1 aliphatic carbocycles. The van der Waals surface area contributed by atoms with Crippen molar-refractivity contribution in [1.29, 1.82) is 0 Å². The highest BCUT2D eigenvalue weighted by Gasteiger charge is 2.24. The Hall–Kier alpha value is -3.12. The number of hydrogen-bond donors (Lipinski definition) is 0. The first-order chi connectivity index (χ1) is 18.4. The summed E-state index contributed by atoms with van der Waals surface area (Å²) >= 11 is 0. The molecule has 5 rings (SSSR count). The molecule has 6 bridgehead atoms. The fourth-order valence-corrected chi connectivity index (χ4v) is 7.22. The topological polar surface area (TPSA) is 0 Å². The van der Waals surface area contributed by atoms with Crippen LogP contribution in [0.5, 0.6) is 0 Å². The van der Waals surface area contributed by atoms with Crippen molar-refractivity contribution < 1.29 is 0 Å². The predicted molar refractivity (Wildman–Crippen MR) is 169 cm³/mol. The highest BCUT2D eigenvalue weighted by Crippen LogP contribution is 2.40. The van der Waals surface area contributed by atoms with E-state index in [4.69, 9.17) is 0 Å². The summed E-state index contributed by atoms with van der Waals surface area (Å²) in [6.45, 7) is 23.1. The van der Waals surface area contributed by atoms with Gasteiger partial charge in [-0.15, -0.1) is 0 Å². The smallest absolute Gasteiger partial charge is 0.00979 e. The lowest BCUT2D eigenvalue weighted by Gasteiger charge is -2.28. The number of benzene rings is 4. The summed E-state index contributed by atoms with van der Waals surface area (Å²) in [5, 5.41) is 0. The largest absolute Gasteiger partial charge is 0.0558 e. The Bertz CT molecular complexity index is 1580. The van der Waals surface area contributed by atoms with E-state index in [-0.39, 0.29) is 0 Å². The summed E-state index contributed by atoms with van der Waals surface area (Å²) in [6.07, 6.45) is 3.21. The molecule has 0 heterocycles. The van der Waals surface area contributed by atoms with Gasteiger partial charge in [-0.1, -0.05) is 55.5 Å². The average molecular weight is 515 g/mol. The minimum atomic E-state index is 0.350. The van der Waals surface area contributed by atoms with Crippen molar-refractivity contribution in [1.82, 2.24) is 0 Å². The van der Waals surface area contributed by atoms with Gasteiger partial charge >= 0.3 is 0 Å². The summed E-state index contributed by atoms with van der Waals surface area (Å²) in [4.78, 5) is 0. The molecule has 2 unspecified atom stereocenters. The molecule has 0 nitrogen and oxygen atoms in total. The molecule has 0 aromatic heterocycles. The molecule has 4 aromatic rings. The third kappa shape index (κ3) is 5.11. The molecule has 0 saturated carbocycles. The van der Waals surface area contributed by atoms with E-state index in [9.17, 15) is 0 Å². The number of hydrogen-bond acceptors (Lipinski definition) is 0. The van der Waals surface area contributed by atoms with Crippen LogP contribution in [0, 0.1) is 62.3 Å². The number of fused-ring (bicyclic) bond motifs is 6. The van der Waals surface area contributed by atoms with Crippen molar-refractivity contribution in [3.8, 4) is 0 Å². The Kier molecular flexibility index (Phi) is 7.36. The maximum absolute atomic E-state index is 2.58. The Morgan fingerprint density at radius 2 is 0.846 bits per heavy atom. The van der Waals surface area contributed by atoms with Gasteiger partial charge in [-0.05, 0) is 171 Å². The highest BCUT2D eigenvalue weighted by molar-refractivity contribution is 5.52. The lowest BCUT2D eigenvalue weighted by atomic mass is 9.77. The van der Waals surface area contributed by atoms with Crippen LogP contribution in [0.15, 0.2) is 48.5 Å². The van der Waals surface area contributed by atoms with Gasteiger partial charge in [0.15, 0.2) is 0 Å². The van der Waals surface area contributed by atoms with E-state index >= 15 is 0 Å². The van der Waals surface area contributed by atoms with Crippen LogP contribution in [-0.4, -0.2) is 0 Å². The van der Waals surface area contributed by atoms with Gasteiger partial charge in [-0.3, -0.25) is 0 Å². The zero-order chi connectivity index (χ0) is 28.2. The number of aryl methyl sites for hydroxylation is 10. The van der Waals surface area contributed by atoms with E-state index in [1.807, 2.05) is 0 Å². The molecule has 0 spiro atoms. The Morgan fingerprint density at radius 1 is 0.410 bits per heavy atom. The van der Waals surface area contributed by atoms with Gasteiger partial charge in [0.05, 0.1) is 0 Å². The second-order valence-electron chi connectivity index (χ2n) is 12.7. The summed E-state index contributed by atoms with van der Waals surface area (Å²) in [7, 11) is 0. The molecule has 4 aromatic carbocycles. The van der Waals surface area contributed by atoms with Crippen molar-refractivity contribution in [3.63, 3.8) is 0 Å². The molecule has 0 radical (unpaired) electrons. The fraction of sp³-hybridized carbons (Fsp3) is 0.385. The fourth-order valence-electron chi connectivity index (χ4n) is 7.22. The normalized spacial score (nSPS) is 17.2. The van der Waals surface area contributed by atoms with E-state index < -0.39 is 0 Å². The van der Waals surface area contributed by atoms with Crippen LogP contribution in [0.25, 0.3) is 0 Å². The first-order valence-electron chi connectivity index (χ1n) is 14.8. The Balaban J connectivity index is 1.80. The van der Waals surface area contributed by atoms with Gasteiger partial charge in [-0.25, -0.2) is 0 Å². The Morgan fingerprint density at radius 3 is 1.51 bits per heavy atom. The van der Waals surface area contributed by atoms with E-state index in [2.05, 4.69) is 118 Å². The van der Waals surface area contributed by atoms with Crippen LogP contribution < -0.4 is 0 Å². The quantitative estimate of drug-likeness (QED) is 0.237. The molecule has 0 N–H and O–H groups in total. The minimum absolute atomic E-state index is 0.350. The molecule has 0 heteroatoms. The molecular formula is C39H46. The number of rotatable bonds is 1. The summed E-state index contributed by atoms with van der Waals surface area (Å²) < 4.78 is 0. The molecular weight excluding hydrogens is 468 g/mol. The van der Waals surface area contributed by atoms with E-state index in [1.54, 1.807) is 0 Å². The van der Waals surface area contributed by atoms with Crippen LogP contribution >= 0.6 is 0 Å². The van der Waals surface area contributed by atoms with Gasteiger partial charge in [0.1, 0.15) is 0 Å². The standard InChI is InChI=1S/C39H46/c1-22-13-29(8)38(17-23(22)2)35-12-11-32-18-33(25(4)14-24(32)3)19-34-20-36(27(6)15-26(34)5)31(10)37-21-39(35)30(9)16-28(37)7/h13-18,20-21,31,35H,11-12,19H2,1-10H3. The molecule has 0 amide bonds. The molecule has 2 atom stereocenters. The second kappa shape index (κ2) is 10.5. The van der Waals surface area contributed by atoms with Crippen molar-refractivity contribution in [2.75, 3.05) is 0 Å². The van der Waals surface area contributed by atoms with Gasteiger partial charge in [0, 0.05) is 11.8 Å². The third-order valence-corrected chi connectivity index (χ3v) is 9.82. The third-order valence-electron chi connectivity index (χ3n) is 9.82. The highest BCUT2D eigenvalue weighted by atomic mass is 14.3. The van der Waals surface area contributed by atoms with Crippen LogP contribution in [0.1, 0.15) is 114 Å². The molecule has 0 fully saturated rings. The lowest BCUT2D eigenvalue weighted by molar-refractivity contribution is 0.700. The van der Waals surface area contributed by atoms with Crippen molar-refractivity contribution >= 4 is 0 Å². The van der Waals surface area contributed by atoms with E-state index in [0.717, 1.165) is 19.3 Å². The van der Waals surface area contributed by atoms with Crippen LogP contribution in [-0.2, 0) is 12.8 Å². The summed E-state index contributed by atoms with van der Waals surface area (Å²) in [5.41, 5.74) is 23.0. The van der Waals surface area contributed by atoms with Gasteiger partial charge in [-0.2, -0.15) is 0 Å². The van der Waals surface area contributed by atoms with Crippen molar-refractivity contribution in [2.45, 2.75) is 100 Å². The SMILES string of the molecule is Cc1cc(C)c(C2CCc3cc(c(C)cc3C)Cc3cc(c(C)cc3C)C(C)c3cc2c(C)cc3C)cc1C. The predicted octanol–water partition coefficient (Wildman–Crippen LogP) is 10.3. The Labute approximate surface area is 237 Å². The van der Waals surface area contributed by atoms with Gasteiger partial charge < -0.3 is 0 Å². The molecule has 202 valence electrons. The summed E-state index contributed by atoms with van der Waals surface area (Å²) in [6, 6.07) is 19.8. The lowest BCUT2D eigenvalue weighted by Crippen LogP contribution is -2.12. The molecule has 39 heavy (non-hydrogen) atoms. The molecule has 0 aliphatic heterocycles. The first-order valence-corrected chi connectivity index (χ1v) is 14.8. The summed E-state index contributed by atoms with van der Waals surface area (Å²) in [5.74, 6) is 0.723. The molecule has 0 saturated heterocycles. The zero-order valence-corrected chi connectivity index (χ0v) is 25.9. The van der Waals surface area contributed by atoms with Crippen LogP contribution in [0.3, 0.4) is 0 Å². The van der Waals surface area contributed by atoms with E-state index in [0.29, 0.717) is 11.8 Å². The van der Waals surface area contributed by atoms with E-state index in [1.165, 1.54) is 89.0 Å². The molecule has 1 aliphatic rings. The van der Waals surface area contributed by atoms with Gasteiger partial charge in [0.25, 0.3) is 0 Å². The van der Waals surface area contributed by atoms with Crippen molar-refractivity contribution in [3.05, 3.63) is 138 Å².